The summed E-state index contributed by atoms with van der Waals surface area (Å²) in [6, 6.07) is 4.90. The number of halogens is 2. The fourth-order valence-electron chi connectivity index (χ4n) is 1.50. The second-order valence-electron chi connectivity index (χ2n) is 3.81. The lowest BCUT2D eigenvalue weighted by Crippen LogP contribution is -2.37. The van der Waals surface area contributed by atoms with Gasteiger partial charge in [-0.3, -0.25) is 4.99 Å². The number of thioether (sulfide) groups is 1. The molecular formula is C13H21FIN3OS. The zero-order chi connectivity index (χ0) is 14.1. The molecule has 114 valence electrons. The fourth-order valence-corrected chi connectivity index (χ4v) is 1.80. The van der Waals surface area contributed by atoms with Crippen molar-refractivity contribution in [3.05, 3.63) is 29.6 Å². The van der Waals surface area contributed by atoms with E-state index < -0.39 is 0 Å². The van der Waals surface area contributed by atoms with Crippen LogP contribution in [0.15, 0.2) is 23.2 Å². The minimum absolute atomic E-state index is 0. The number of rotatable bonds is 6. The van der Waals surface area contributed by atoms with Crippen LogP contribution in [0.3, 0.4) is 0 Å². The van der Waals surface area contributed by atoms with E-state index in [-0.39, 0.29) is 35.5 Å². The summed E-state index contributed by atoms with van der Waals surface area (Å²) in [6.45, 7) is 1.36. The highest BCUT2D eigenvalue weighted by atomic mass is 127. The minimum atomic E-state index is -0.355. The highest BCUT2D eigenvalue weighted by molar-refractivity contribution is 14.0. The lowest BCUT2D eigenvalue weighted by molar-refractivity contribution is 0.386. The van der Waals surface area contributed by atoms with Crippen molar-refractivity contribution in [2.75, 3.05) is 32.7 Å². The van der Waals surface area contributed by atoms with Crippen molar-refractivity contribution in [2.24, 2.45) is 4.99 Å². The first-order valence-corrected chi connectivity index (χ1v) is 7.36. The van der Waals surface area contributed by atoms with E-state index in [9.17, 15) is 4.39 Å². The third-order valence-electron chi connectivity index (χ3n) is 2.50. The van der Waals surface area contributed by atoms with Crippen molar-refractivity contribution in [2.45, 2.75) is 6.54 Å². The summed E-state index contributed by atoms with van der Waals surface area (Å²) in [5, 5.41) is 6.31. The quantitative estimate of drug-likeness (QED) is 0.326. The van der Waals surface area contributed by atoms with Crippen molar-refractivity contribution in [1.82, 2.24) is 10.6 Å². The van der Waals surface area contributed by atoms with E-state index in [0.717, 1.165) is 17.9 Å². The van der Waals surface area contributed by atoms with Gasteiger partial charge in [0.2, 0.25) is 0 Å². The summed E-state index contributed by atoms with van der Waals surface area (Å²) in [6.07, 6.45) is 2.05. The van der Waals surface area contributed by atoms with Crippen LogP contribution in [0.5, 0.6) is 5.75 Å². The van der Waals surface area contributed by atoms with E-state index in [1.165, 1.54) is 13.2 Å². The Morgan fingerprint density at radius 3 is 2.70 bits per heavy atom. The summed E-state index contributed by atoms with van der Waals surface area (Å²) in [5.74, 6) is 1.63. The van der Waals surface area contributed by atoms with Crippen LogP contribution in [0, 0.1) is 5.82 Å². The van der Waals surface area contributed by atoms with Crippen molar-refractivity contribution in [1.29, 1.82) is 0 Å². The average molecular weight is 413 g/mol. The average Bonchev–Trinajstić information content (AvgIpc) is 2.43. The maximum atomic E-state index is 13.5. The lowest BCUT2D eigenvalue weighted by Gasteiger charge is -2.12. The predicted molar refractivity (Wildman–Crippen MR) is 95.0 cm³/mol. The molecule has 0 aliphatic rings. The molecule has 0 amide bonds. The van der Waals surface area contributed by atoms with Crippen LogP contribution in [0.2, 0.25) is 0 Å². The van der Waals surface area contributed by atoms with E-state index in [1.54, 1.807) is 24.9 Å². The largest absolute Gasteiger partial charge is 0.494 e. The van der Waals surface area contributed by atoms with Crippen LogP contribution in [0.1, 0.15) is 5.56 Å². The summed E-state index contributed by atoms with van der Waals surface area (Å²) in [7, 11) is 3.16. The van der Waals surface area contributed by atoms with E-state index in [2.05, 4.69) is 21.9 Å². The normalized spacial score (nSPS) is 10.7. The molecule has 0 saturated carbocycles. The molecule has 0 heterocycles. The van der Waals surface area contributed by atoms with Gasteiger partial charge in [0.05, 0.1) is 7.11 Å². The molecule has 0 spiro atoms. The van der Waals surface area contributed by atoms with Crippen LogP contribution in [-0.2, 0) is 6.54 Å². The fraction of sp³-hybridized carbons (Fsp3) is 0.462. The highest BCUT2D eigenvalue weighted by Gasteiger charge is 2.04. The third kappa shape index (κ3) is 6.65. The first kappa shape index (κ1) is 19.3. The van der Waals surface area contributed by atoms with Crippen LogP contribution in [-0.4, -0.2) is 38.7 Å². The van der Waals surface area contributed by atoms with Gasteiger partial charge in [-0.2, -0.15) is 11.8 Å². The maximum absolute atomic E-state index is 13.5. The summed E-state index contributed by atoms with van der Waals surface area (Å²) >= 11 is 1.77. The number of ether oxygens (including phenoxy) is 1. The molecule has 0 atom stereocenters. The van der Waals surface area contributed by atoms with Crippen molar-refractivity contribution >= 4 is 41.7 Å². The highest BCUT2D eigenvalue weighted by Crippen LogP contribution is 2.17. The Bertz CT molecular complexity index is 432. The molecule has 0 unspecified atom stereocenters. The van der Waals surface area contributed by atoms with Crippen LogP contribution in [0.25, 0.3) is 0 Å². The van der Waals surface area contributed by atoms with Gasteiger partial charge in [-0.15, -0.1) is 24.0 Å². The zero-order valence-electron chi connectivity index (χ0n) is 11.9. The smallest absolute Gasteiger partial charge is 0.191 e. The molecule has 4 nitrogen and oxygen atoms in total. The van der Waals surface area contributed by atoms with Crippen LogP contribution in [0.4, 0.5) is 4.39 Å². The van der Waals surface area contributed by atoms with Gasteiger partial charge >= 0.3 is 0 Å². The second-order valence-corrected chi connectivity index (χ2v) is 4.80. The Kier molecular flexibility index (Phi) is 10.6. The Hall–Kier alpha value is -0.700. The molecule has 0 fully saturated rings. The molecule has 0 aliphatic heterocycles. The van der Waals surface area contributed by atoms with Crippen LogP contribution >= 0.6 is 35.7 Å². The first-order valence-electron chi connectivity index (χ1n) is 5.97. The molecule has 1 rings (SSSR count). The molecular weight excluding hydrogens is 392 g/mol. The Morgan fingerprint density at radius 2 is 2.15 bits per heavy atom. The summed E-state index contributed by atoms with van der Waals surface area (Å²) < 4.78 is 18.4. The van der Waals surface area contributed by atoms with Gasteiger partial charge in [0.25, 0.3) is 0 Å². The molecule has 0 bridgehead atoms. The van der Waals surface area contributed by atoms with Gasteiger partial charge in [0.1, 0.15) is 0 Å². The van der Waals surface area contributed by atoms with Gasteiger partial charge in [-0.1, -0.05) is 6.07 Å². The molecule has 1 aromatic rings. The van der Waals surface area contributed by atoms with E-state index in [4.69, 9.17) is 4.74 Å². The molecule has 0 aromatic heterocycles. The SMILES string of the molecule is CN=C(NCCSC)NCc1ccc(OC)c(F)c1.I. The lowest BCUT2D eigenvalue weighted by atomic mass is 10.2. The zero-order valence-corrected chi connectivity index (χ0v) is 15.1. The van der Waals surface area contributed by atoms with E-state index in [1.807, 2.05) is 6.07 Å². The summed E-state index contributed by atoms with van der Waals surface area (Å²) in [5.41, 5.74) is 0.839. The molecule has 1 aromatic carbocycles. The van der Waals surface area contributed by atoms with E-state index >= 15 is 0 Å². The number of hydrogen-bond acceptors (Lipinski definition) is 3. The second kappa shape index (κ2) is 11.0. The number of nitrogens with zero attached hydrogens (tertiary/aromatic N) is 1. The number of hydrogen-bond donors (Lipinski definition) is 2. The number of guanidine groups is 1. The topological polar surface area (TPSA) is 45.7 Å². The monoisotopic (exact) mass is 413 g/mol. The van der Waals surface area contributed by atoms with Gasteiger partial charge < -0.3 is 15.4 Å². The molecule has 0 aliphatic carbocycles. The third-order valence-corrected chi connectivity index (χ3v) is 3.11. The minimum Gasteiger partial charge on any atom is -0.494 e. The molecule has 7 heteroatoms. The van der Waals surface area contributed by atoms with Crippen LogP contribution < -0.4 is 15.4 Å². The number of benzene rings is 1. The standard InChI is InChI=1S/C13H20FN3OS.HI/c1-15-13(16-6-7-19-3)17-9-10-4-5-12(18-2)11(14)8-10;/h4-5,8H,6-7,9H2,1-3H3,(H2,15,16,17);1H. The predicted octanol–water partition coefficient (Wildman–Crippen LogP) is 2.48. The van der Waals surface area contributed by atoms with Crippen molar-refractivity contribution < 1.29 is 9.13 Å². The maximum Gasteiger partial charge on any atom is 0.191 e. The Balaban J connectivity index is 0.00000361. The molecule has 0 radical (unpaired) electrons. The van der Waals surface area contributed by atoms with Crippen molar-refractivity contribution in [3.63, 3.8) is 0 Å². The van der Waals surface area contributed by atoms with Crippen molar-refractivity contribution in [3.8, 4) is 5.75 Å². The first-order chi connectivity index (χ1) is 9.21. The molecule has 2 N–H and O–H groups in total. The Labute approximate surface area is 141 Å². The number of aliphatic imine (C=N–C) groups is 1. The van der Waals surface area contributed by atoms with Gasteiger partial charge in [-0.25, -0.2) is 4.39 Å². The molecule has 0 saturated heterocycles. The Morgan fingerprint density at radius 1 is 1.40 bits per heavy atom. The van der Waals surface area contributed by atoms with E-state index in [0.29, 0.717) is 12.5 Å². The molecule has 20 heavy (non-hydrogen) atoms. The van der Waals surface area contributed by atoms with Gasteiger partial charge in [-0.05, 0) is 24.0 Å². The summed E-state index contributed by atoms with van der Waals surface area (Å²) in [4.78, 5) is 4.10. The number of nitrogens with one attached hydrogen (secondary N) is 2. The van der Waals surface area contributed by atoms with Gasteiger partial charge in [0.15, 0.2) is 17.5 Å². The van der Waals surface area contributed by atoms with Gasteiger partial charge in [0, 0.05) is 25.9 Å². The number of methoxy groups -OCH3 is 1.